The maximum atomic E-state index is 5.90. The van der Waals surface area contributed by atoms with E-state index in [1.807, 2.05) is 6.07 Å². The van der Waals surface area contributed by atoms with Crippen LogP contribution in [-0.4, -0.2) is 4.98 Å². The van der Waals surface area contributed by atoms with Crippen LogP contribution in [0.3, 0.4) is 0 Å². The van der Waals surface area contributed by atoms with E-state index < -0.39 is 0 Å². The maximum Gasteiger partial charge on any atom is 0.148 e. The normalized spacial score (nSPS) is 10.9. The third kappa shape index (κ3) is 1.42. The summed E-state index contributed by atoms with van der Waals surface area (Å²) in [7, 11) is 0. The summed E-state index contributed by atoms with van der Waals surface area (Å²) in [4.78, 5) is 4.15. The molecule has 2 aromatic rings. The van der Waals surface area contributed by atoms with Gasteiger partial charge in [0.15, 0.2) is 0 Å². The molecule has 0 N–H and O–H groups in total. The van der Waals surface area contributed by atoms with Crippen molar-refractivity contribution in [2.75, 3.05) is 0 Å². The van der Waals surface area contributed by atoms with Crippen molar-refractivity contribution >= 4 is 57.4 Å². The molecule has 12 heavy (non-hydrogen) atoms. The van der Waals surface area contributed by atoms with Crippen LogP contribution in [0.2, 0.25) is 10.0 Å². The molecule has 0 saturated heterocycles. The average Bonchev–Trinajstić information content (AvgIpc) is 2.29. The number of thiazole rings is 1. The molecule has 0 unspecified atom stereocenters. The minimum atomic E-state index is 0.578. The molecule has 0 aliphatic carbocycles. The Morgan fingerprint density at radius 1 is 1.33 bits per heavy atom. The van der Waals surface area contributed by atoms with Crippen molar-refractivity contribution in [1.29, 1.82) is 0 Å². The molecule has 0 amide bonds. The molecular formula is C7H3Cl2NS2. The molecule has 0 atom stereocenters. The van der Waals surface area contributed by atoms with Gasteiger partial charge >= 0.3 is 0 Å². The molecule has 0 spiro atoms. The molecule has 1 heterocycles. The van der Waals surface area contributed by atoms with Crippen molar-refractivity contribution in [2.45, 2.75) is 4.34 Å². The zero-order chi connectivity index (χ0) is 8.72. The summed E-state index contributed by atoms with van der Waals surface area (Å²) >= 11 is 17.3. The van der Waals surface area contributed by atoms with E-state index in [9.17, 15) is 0 Å². The van der Waals surface area contributed by atoms with Crippen LogP contribution in [0, 0.1) is 0 Å². The van der Waals surface area contributed by atoms with Gasteiger partial charge in [0.1, 0.15) is 9.86 Å². The van der Waals surface area contributed by atoms with Crippen molar-refractivity contribution in [1.82, 2.24) is 4.98 Å². The van der Waals surface area contributed by atoms with Crippen LogP contribution in [0.5, 0.6) is 0 Å². The predicted octanol–water partition coefficient (Wildman–Crippen LogP) is 3.89. The molecular weight excluding hydrogens is 233 g/mol. The van der Waals surface area contributed by atoms with Gasteiger partial charge in [0.2, 0.25) is 0 Å². The summed E-state index contributed by atoms with van der Waals surface area (Å²) < 4.78 is 1.67. The standard InChI is InChI=1S/C7H3Cl2NS2/c8-3-1-4(9)6-5(2-3)12-7(11)10-6/h1-2H,(H,10,11). The number of benzene rings is 1. The minimum Gasteiger partial charge on any atom is -0.228 e. The number of hydrogen-bond donors (Lipinski definition) is 1. The fourth-order valence-corrected chi connectivity index (χ4v) is 2.77. The van der Waals surface area contributed by atoms with Gasteiger partial charge in [0.25, 0.3) is 0 Å². The van der Waals surface area contributed by atoms with Crippen LogP contribution in [0.1, 0.15) is 0 Å². The largest absolute Gasteiger partial charge is 0.228 e. The Morgan fingerprint density at radius 2 is 2.08 bits per heavy atom. The predicted molar refractivity (Wildman–Crippen MR) is 56.9 cm³/mol. The molecule has 1 nitrogen and oxygen atoms in total. The number of aromatic nitrogens is 1. The van der Waals surface area contributed by atoms with Crippen molar-refractivity contribution in [2.24, 2.45) is 0 Å². The summed E-state index contributed by atoms with van der Waals surface area (Å²) in [6.45, 7) is 0. The Bertz CT molecular complexity index is 438. The van der Waals surface area contributed by atoms with Crippen molar-refractivity contribution in [3.63, 3.8) is 0 Å². The summed E-state index contributed by atoms with van der Waals surface area (Å²) in [5, 5.41) is 1.21. The summed E-state index contributed by atoms with van der Waals surface area (Å²) in [5.74, 6) is 0. The average molecular weight is 236 g/mol. The Balaban J connectivity index is 2.88. The SMILES string of the molecule is Sc1nc2c(Cl)cc(Cl)cc2s1. The Labute approximate surface area is 88.7 Å². The first kappa shape index (κ1) is 8.63. The molecule has 5 heteroatoms. The second-order valence-electron chi connectivity index (χ2n) is 2.23. The molecule has 1 aromatic heterocycles. The third-order valence-corrected chi connectivity index (χ3v) is 3.09. The van der Waals surface area contributed by atoms with Crippen molar-refractivity contribution < 1.29 is 0 Å². The van der Waals surface area contributed by atoms with Crippen LogP contribution in [0.25, 0.3) is 10.2 Å². The van der Waals surface area contributed by atoms with Gasteiger partial charge in [-0.25, -0.2) is 4.98 Å². The van der Waals surface area contributed by atoms with Gasteiger partial charge in [-0.15, -0.1) is 24.0 Å². The van der Waals surface area contributed by atoms with Crippen LogP contribution in [-0.2, 0) is 0 Å². The number of thiol groups is 1. The van der Waals surface area contributed by atoms with Gasteiger partial charge in [-0.3, -0.25) is 0 Å². The number of nitrogens with zero attached hydrogens (tertiary/aromatic N) is 1. The van der Waals surface area contributed by atoms with E-state index in [1.165, 1.54) is 11.3 Å². The summed E-state index contributed by atoms with van der Waals surface area (Å²) in [6, 6.07) is 3.51. The van der Waals surface area contributed by atoms with Crippen molar-refractivity contribution in [3.05, 3.63) is 22.2 Å². The molecule has 62 valence electrons. The van der Waals surface area contributed by atoms with Gasteiger partial charge in [-0.1, -0.05) is 23.2 Å². The molecule has 0 aliphatic heterocycles. The Kier molecular flexibility index (Phi) is 2.21. The minimum absolute atomic E-state index is 0.578. The number of rotatable bonds is 0. The van der Waals surface area contributed by atoms with Crippen molar-refractivity contribution in [3.8, 4) is 0 Å². The number of hydrogen-bond acceptors (Lipinski definition) is 3. The van der Waals surface area contributed by atoms with Gasteiger partial charge in [0.05, 0.1) is 9.72 Å². The monoisotopic (exact) mass is 235 g/mol. The van der Waals surface area contributed by atoms with E-state index >= 15 is 0 Å². The fourth-order valence-electron chi connectivity index (χ4n) is 0.945. The lowest BCUT2D eigenvalue weighted by Gasteiger charge is -1.92. The lowest BCUT2D eigenvalue weighted by Crippen LogP contribution is -1.70. The molecule has 0 radical (unpaired) electrons. The zero-order valence-corrected chi connectivity index (χ0v) is 8.94. The highest BCUT2D eigenvalue weighted by atomic mass is 35.5. The lowest BCUT2D eigenvalue weighted by molar-refractivity contribution is 1.31. The van der Waals surface area contributed by atoms with E-state index in [-0.39, 0.29) is 0 Å². The highest BCUT2D eigenvalue weighted by Gasteiger charge is 2.05. The third-order valence-electron chi connectivity index (χ3n) is 1.40. The summed E-state index contributed by atoms with van der Waals surface area (Å²) in [6.07, 6.45) is 0. The van der Waals surface area contributed by atoms with Crippen LogP contribution < -0.4 is 0 Å². The second kappa shape index (κ2) is 3.07. The first-order chi connectivity index (χ1) is 5.66. The highest BCUT2D eigenvalue weighted by Crippen LogP contribution is 2.32. The van der Waals surface area contributed by atoms with Gasteiger partial charge in [-0.2, -0.15) is 0 Å². The van der Waals surface area contributed by atoms with E-state index in [0.717, 1.165) is 10.2 Å². The quantitative estimate of drug-likeness (QED) is 0.684. The molecule has 0 bridgehead atoms. The molecule has 0 aliphatic rings. The van der Waals surface area contributed by atoms with E-state index in [1.54, 1.807) is 6.07 Å². The zero-order valence-electron chi connectivity index (χ0n) is 5.71. The van der Waals surface area contributed by atoms with E-state index in [4.69, 9.17) is 23.2 Å². The van der Waals surface area contributed by atoms with Gasteiger partial charge < -0.3 is 0 Å². The molecule has 1 aromatic carbocycles. The summed E-state index contributed by atoms with van der Waals surface area (Å²) in [5.41, 5.74) is 0.774. The van der Waals surface area contributed by atoms with E-state index in [0.29, 0.717) is 14.4 Å². The molecule has 0 fully saturated rings. The Hall–Kier alpha value is 0.0400. The first-order valence-corrected chi connectivity index (χ1v) is 5.13. The maximum absolute atomic E-state index is 5.90. The van der Waals surface area contributed by atoms with Crippen LogP contribution in [0.4, 0.5) is 0 Å². The van der Waals surface area contributed by atoms with Gasteiger partial charge in [0, 0.05) is 5.02 Å². The topological polar surface area (TPSA) is 12.9 Å². The second-order valence-corrected chi connectivity index (χ2v) is 4.83. The van der Waals surface area contributed by atoms with E-state index in [2.05, 4.69) is 17.6 Å². The smallest absolute Gasteiger partial charge is 0.148 e. The molecule has 2 rings (SSSR count). The highest BCUT2D eigenvalue weighted by molar-refractivity contribution is 7.82. The lowest BCUT2D eigenvalue weighted by atomic mass is 10.3. The first-order valence-electron chi connectivity index (χ1n) is 3.11. The number of halogens is 2. The van der Waals surface area contributed by atoms with Crippen LogP contribution in [0.15, 0.2) is 16.5 Å². The van der Waals surface area contributed by atoms with Crippen LogP contribution >= 0.6 is 47.2 Å². The van der Waals surface area contributed by atoms with Gasteiger partial charge in [-0.05, 0) is 12.1 Å². The fraction of sp³-hybridized carbons (Fsp3) is 0. The molecule has 0 saturated carbocycles. The Morgan fingerprint density at radius 3 is 2.83 bits per heavy atom. The number of fused-ring (bicyclic) bond motifs is 1.